The van der Waals surface area contributed by atoms with Gasteiger partial charge in [-0.05, 0) is 12.1 Å². The van der Waals surface area contributed by atoms with Gasteiger partial charge in [-0.2, -0.15) is 0 Å². The fourth-order valence-corrected chi connectivity index (χ4v) is 1.17. The molecule has 0 aliphatic rings. The van der Waals surface area contributed by atoms with Crippen LogP contribution in [0.25, 0.3) is 0 Å². The van der Waals surface area contributed by atoms with Crippen molar-refractivity contribution in [2.24, 2.45) is 0 Å². The van der Waals surface area contributed by atoms with Gasteiger partial charge in [-0.1, -0.05) is 52.0 Å². The van der Waals surface area contributed by atoms with Crippen molar-refractivity contribution in [3.8, 4) is 0 Å². The van der Waals surface area contributed by atoms with Crippen LogP contribution in [0.15, 0.2) is 24.4 Å². The molecule has 1 aromatic heterocycles. The molecule has 0 saturated carbocycles. The minimum Gasteiger partial charge on any atom is -0.477 e. The first-order valence-electron chi connectivity index (χ1n) is 5.86. The Kier molecular flexibility index (Phi) is 9.27. The molecule has 1 heterocycles. The molecule has 1 aromatic rings. The van der Waals surface area contributed by atoms with Crippen LogP contribution in [0.4, 0.5) is 0 Å². The third-order valence-electron chi connectivity index (χ3n) is 2.09. The smallest absolute Gasteiger partial charge is 0.354 e. The van der Waals surface area contributed by atoms with E-state index in [4.69, 9.17) is 5.11 Å². The van der Waals surface area contributed by atoms with Crippen LogP contribution in [0.1, 0.15) is 56.4 Å². The molecule has 3 nitrogen and oxygen atoms in total. The molecule has 16 heavy (non-hydrogen) atoms. The lowest BCUT2D eigenvalue weighted by Crippen LogP contribution is -1.97. The van der Waals surface area contributed by atoms with E-state index in [0.717, 1.165) is 0 Å². The molecular formula is C13H21NO2. The van der Waals surface area contributed by atoms with Gasteiger partial charge in [-0.15, -0.1) is 0 Å². The van der Waals surface area contributed by atoms with E-state index in [9.17, 15) is 4.79 Å². The quantitative estimate of drug-likeness (QED) is 0.773. The minimum absolute atomic E-state index is 0.0810. The Bertz CT molecular complexity index is 269. The van der Waals surface area contributed by atoms with Gasteiger partial charge in [0.2, 0.25) is 0 Å². The minimum atomic E-state index is -0.990. The van der Waals surface area contributed by atoms with E-state index in [0.29, 0.717) is 0 Å². The second kappa shape index (κ2) is 10.1. The van der Waals surface area contributed by atoms with Crippen LogP contribution in [0.2, 0.25) is 0 Å². The van der Waals surface area contributed by atoms with E-state index in [2.05, 4.69) is 18.8 Å². The van der Waals surface area contributed by atoms with Crippen molar-refractivity contribution in [3.63, 3.8) is 0 Å². The normalized spacial score (nSPS) is 9.12. The zero-order valence-corrected chi connectivity index (χ0v) is 10.1. The van der Waals surface area contributed by atoms with Gasteiger partial charge in [0, 0.05) is 6.20 Å². The van der Waals surface area contributed by atoms with E-state index in [1.165, 1.54) is 44.4 Å². The highest BCUT2D eigenvalue weighted by Gasteiger charge is 1.98. The number of rotatable bonds is 5. The summed E-state index contributed by atoms with van der Waals surface area (Å²) in [6.07, 6.45) is 8.46. The van der Waals surface area contributed by atoms with Crippen LogP contribution in [-0.2, 0) is 0 Å². The second-order valence-corrected chi connectivity index (χ2v) is 3.58. The van der Waals surface area contributed by atoms with Crippen molar-refractivity contribution in [1.29, 1.82) is 0 Å². The number of hydrogen-bond donors (Lipinski definition) is 1. The summed E-state index contributed by atoms with van der Waals surface area (Å²) in [6.45, 7) is 4.49. The van der Waals surface area contributed by atoms with Gasteiger partial charge in [0.25, 0.3) is 0 Å². The molecule has 1 rings (SSSR count). The van der Waals surface area contributed by atoms with Crippen molar-refractivity contribution in [2.45, 2.75) is 46.0 Å². The lowest BCUT2D eigenvalue weighted by molar-refractivity contribution is 0.0690. The van der Waals surface area contributed by atoms with Crippen molar-refractivity contribution < 1.29 is 9.90 Å². The fraction of sp³-hybridized carbons (Fsp3) is 0.538. The van der Waals surface area contributed by atoms with Gasteiger partial charge in [0.15, 0.2) is 0 Å². The number of unbranched alkanes of at least 4 members (excludes halogenated alkanes) is 4. The van der Waals surface area contributed by atoms with Gasteiger partial charge in [0.1, 0.15) is 5.69 Å². The summed E-state index contributed by atoms with van der Waals surface area (Å²) in [4.78, 5) is 13.7. The summed E-state index contributed by atoms with van der Waals surface area (Å²) >= 11 is 0. The number of nitrogens with zero attached hydrogens (tertiary/aromatic N) is 1. The molecule has 0 aliphatic carbocycles. The first-order chi connectivity index (χ1) is 7.72. The second-order valence-electron chi connectivity index (χ2n) is 3.58. The molecule has 0 bridgehead atoms. The van der Waals surface area contributed by atoms with Gasteiger partial charge in [-0.25, -0.2) is 9.78 Å². The highest BCUT2D eigenvalue weighted by atomic mass is 16.4. The average molecular weight is 223 g/mol. The topological polar surface area (TPSA) is 50.2 Å². The summed E-state index contributed by atoms with van der Waals surface area (Å²) in [6, 6.07) is 4.76. The van der Waals surface area contributed by atoms with Crippen LogP contribution in [0.3, 0.4) is 0 Å². The molecule has 0 spiro atoms. The molecule has 0 aliphatic heterocycles. The van der Waals surface area contributed by atoms with Crippen LogP contribution in [-0.4, -0.2) is 16.1 Å². The Hall–Kier alpha value is -1.38. The molecule has 0 aromatic carbocycles. The van der Waals surface area contributed by atoms with Crippen LogP contribution in [0.5, 0.6) is 0 Å². The maximum absolute atomic E-state index is 10.1. The molecular weight excluding hydrogens is 202 g/mol. The molecule has 0 atom stereocenters. The molecule has 0 fully saturated rings. The lowest BCUT2D eigenvalue weighted by Gasteiger charge is -1.90. The molecule has 0 radical (unpaired) electrons. The Morgan fingerprint density at radius 3 is 2.12 bits per heavy atom. The van der Waals surface area contributed by atoms with Crippen LogP contribution in [0, 0.1) is 0 Å². The van der Waals surface area contributed by atoms with E-state index in [1.54, 1.807) is 12.1 Å². The number of carboxylic acids is 1. The van der Waals surface area contributed by atoms with E-state index in [-0.39, 0.29) is 5.69 Å². The standard InChI is InChI=1S/C7H16.C6H5NO2/c1-3-5-7-6-4-2;8-6(9)5-3-1-2-4-7-5/h3-7H2,1-2H3;1-4H,(H,8,9). The highest BCUT2D eigenvalue weighted by molar-refractivity contribution is 5.85. The first-order valence-corrected chi connectivity index (χ1v) is 5.86. The molecule has 90 valence electrons. The summed E-state index contributed by atoms with van der Waals surface area (Å²) < 4.78 is 0. The number of aromatic carboxylic acids is 1. The Labute approximate surface area is 97.5 Å². The Morgan fingerprint density at radius 2 is 1.81 bits per heavy atom. The van der Waals surface area contributed by atoms with Gasteiger partial charge in [0.05, 0.1) is 0 Å². The number of hydrogen-bond acceptors (Lipinski definition) is 2. The summed E-state index contributed by atoms with van der Waals surface area (Å²) in [7, 11) is 0. The maximum Gasteiger partial charge on any atom is 0.354 e. The molecule has 0 amide bonds. The number of aromatic nitrogens is 1. The largest absolute Gasteiger partial charge is 0.477 e. The SMILES string of the molecule is CCCCCCC.O=C(O)c1ccccn1. The van der Waals surface area contributed by atoms with Crippen molar-refractivity contribution >= 4 is 5.97 Å². The van der Waals surface area contributed by atoms with E-state index >= 15 is 0 Å². The van der Waals surface area contributed by atoms with E-state index < -0.39 is 5.97 Å². The predicted molar refractivity (Wildman–Crippen MR) is 65.6 cm³/mol. The summed E-state index contributed by atoms with van der Waals surface area (Å²) in [5.74, 6) is -0.990. The van der Waals surface area contributed by atoms with Crippen molar-refractivity contribution in [1.82, 2.24) is 4.98 Å². The molecule has 3 heteroatoms. The highest BCUT2D eigenvalue weighted by Crippen LogP contribution is 2.00. The molecule has 0 saturated heterocycles. The lowest BCUT2D eigenvalue weighted by atomic mass is 10.2. The summed E-state index contributed by atoms with van der Waals surface area (Å²) in [5, 5.41) is 8.32. The molecule has 1 N–H and O–H groups in total. The van der Waals surface area contributed by atoms with Crippen LogP contribution < -0.4 is 0 Å². The Morgan fingerprint density at radius 1 is 1.19 bits per heavy atom. The van der Waals surface area contributed by atoms with E-state index in [1.807, 2.05) is 0 Å². The number of carbonyl (C=O) groups is 1. The predicted octanol–water partition coefficient (Wildman–Crippen LogP) is 3.76. The zero-order chi connectivity index (χ0) is 12.2. The maximum atomic E-state index is 10.1. The van der Waals surface area contributed by atoms with Crippen LogP contribution >= 0.6 is 0 Å². The monoisotopic (exact) mass is 223 g/mol. The third-order valence-corrected chi connectivity index (χ3v) is 2.09. The first kappa shape index (κ1) is 14.6. The fourth-order valence-electron chi connectivity index (χ4n) is 1.17. The number of carboxylic acid groups (broad SMARTS) is 1. The number of pyridine rings is 1. The molecule has 0 unspecified atom stereocenters. The average Bonchev–Trinajstić information content (AvgIpc) is 2.32. The third kappa shape index (κ3) is 7.97. The van der Waals surface area contributed by atoms with Crippen molar-refractivity contribution in [2.75, 3.05) is 0 Å². The van der Waals surface area contributed by atoms with Gasteiger partial charge >= 0.3 is 5.97 Å². The Balaban J connectivity index is 0.000000293. The van der Waals surface area contributed by atoms with Crippen molar-refractivity contribution in [3.05, 3.63) is 30.1 Å². The van der Waals surface area contributed by atoms with Gasteiger partial charge in [-0.3, -0.25) is 0 Å². The zero-order valence-electron chi connectivity index (χ0n) is 10.1. The summed E-state index contributed by atoms with van der Waals surface area (Å²) in [5.41, 5.74) is 0.0810. The van der Waals surface area contributed by atoms with Gasteiger partial charge < -0.3 is 5.11 Å².